The maximum Gasteiger partial charge on any atom is 0.335 e. The summed E-state index contributed by atoms with van der Waals surface area (Å²) >= 11 is 0. The molecule has 1 aromatic heterocycles. The minimum Gasteiger partial charge on any atom is -0.496 e. The fourth-order valence-electron chi connectivity index (χ4n) is 4.74. The van der Waals surface area contributed by atoms with Crippen molar-refractivity contribution in [3.63, 3.8) is 0 Å². The van der Waals surface area contributed by atoms with Gasteiger partial charge in [0.15, 0.2) is 0 Å². The number of hydrogen-bond acceptors (Lipinski definition) is 4. The number of benzene rings is 2. The topological polar surface area (TPSA) is 74.8 Å². The molecule has 2 heterocycles. The lowest BCUT2D eigenvalue weighted by molar-refractivity contribution is -0.0138. The number of fused-ring (bicyclic) bond motifs is 1. The highest BCUT2D eigenvalue weighted by atomic mass is 16.5. The van der Waals surface area contributed by atoms with Crippen LogP contribution in [-0.2, 0) is 11.3 Å². The van der Waals surface area contributed by atoms with E-state index in [0.717, 1.165) is 48.3 Å². The predicted molar refractivity (Wildman–Crippen MR) is 121 cm³/mol. The number of carboxylic acids is 1. The number of aromatic nitrogens is 1. The van der Waals surface area contributed by atoms with Crippen molar-refractivity contribution in [2.75, 3.05) is 20.3 Å². The molecule has 0 spiro atoms. The summed E-state index contributed by atoms with van der Waals surface area (Å²) in [7, 11) is 1.72. The van der Waals surface area contributed by atoms with Crippen molar-refractivity contribution >= 4 is 16.9 Å². The molecular formula is C25H30N2O4. The van der Waals surface area contributed by atoms with Gasteiger partial charge in [0.1, 0.15) is 5.75 Å². The largest absolute Gasteiger partial charge is 0.496 e. The van der Waals surface area contributed by atoms with Gasteiger partial charge in [-0.2, -0.15) is 0 Å². The van der Waals surface area contributed by atoms with E-state index in [1.54, 1.807) is 19.2 Å². The maximum atomic E-state index is 11.3. The van der Waals surface area contributed by atoms with Gasteiger partial charge in [-0.3, -0.25) is 4.90 Å². The van der Waals surface area contributed by atoms with Gasteiger partial charge >= 0.3 is 5.97 Å². The Morgan fingerprint density at radius 2 is 2.03 bits per heavy atom. The maximum absolute atomic E-state index is 11.3. The zero-order valence-electron chi connectivity index (χ0n) is 18.4. The zero-order chi connectivity index (χ0) is 22.0. The molecule has 164 valence electrons. The van der Waals surface area contributed by atoms with Gasteiger partial charge in [-0.1, -0.05) is 12.1 Å². The van der Waals surface area contributed by atoms with E-state index in [2.05, 4.69) is 28.9 Å². The molecule has 0 bridgehead atoms. The third kappa shape index (κ3) is 4.31. The monoisotopic (exact) mass is 422 g/mol. The second kappa shape index (κ2) is 9.12. The van der Waals surface area contributed by atoms with E-state index in [1.165, 1.54) is 10.9 Å². The number of piperidine rings is 1. The first-order valence-electron chi connectivity index (χ1n) is 10.8. The predicted octanol–water partition coefficient (Wildman–Crippen LogP) is 4.93. The number of methoxy groups -OCH3 is 1. The van der Waals surface area contributed by atoms with Gasteiger partial charge < -0.3 is 19.6 Å². The quantitative estimate of drug-likeness (QED) is 0.565. The molecule has 0 aliphatic carbocycles. The molecule has 2 aromatic carbocycles. The minimum absolute atomic E-state index is 0.146. The number of carbonyl (C=O) groups is 1. The fourth-order valence-corrected chi connectivity index (χ4v) is 4.74. The van der Waals surface area contributed by atoms with Crippen molar-refractivity contribution < 1.29 is 19.4 Å². The van der Waals surface area contributed by atoms with E-state index in [0.29, 0.717) is 12.2 Å². The van der Waals surface area contributed by atoms with Gasteiger partial charge in [0.25, 0.3) is 0 Å². The van der Waals surface area contributed by atoms with Crippen LogP contribution in [0.3, 0.4) is 0 Å². The van der Waals surface area contributed by atoms with Crippen LogP contribution >= 0.6 is 0 Å². The molecule has 2 N–H and O–H groups in total. The molecule has 2 atom stereocenters. The van der Waals surface area contributed by atoms with E-state index in [1.807, 2.05) is 25.3 Å². The third-order valence-corrected chi connectivity index (χ3v) is 6.30. The van der Waals surface area contributed by atoms with Crippen LogP contribution in [0.1, 0.15) is 52.9 Å². The molecule has 1 saturated heterocycles. The molecule has 6 nitrogen and oxygen atoms in total. The van der Waals surface area contributed by atoms with Crippen molar-refractivity contribution in [2.24, 2.45) is 0 Å². The first-order chi connectivity index (χ1) is 15.0. The molecule has 0 saturated carbocycles. The number of hydrogen-bond donors (Lipinski definition) is 2. The molecule has 1 aliphatic heterocycles. The normalized spacial score (nSPS) is 19.6. The molecule has 0 unspecified atom stereocenters. The Labute approximate surface area is 182 Å². The number of likely N-dealkylation sites (tertiary alicyclic amines) is 1. The Kier molecular flexibility index (Phi) is 6.30. The first kappa shape index (κ1) is 21.4. The van der Waals surface area contributed by atoms with Gasteiger partial charge in [0, 0.05) is 48.4 Å². The van der Waals surface area contributed by atoms with Crippen molar-refractivity contribution in [3.05, 3.63) is 64.8 Å². The molecule has 0 amide bonds. The highest BCUT2D eigenvalue weighted by Crippen LogP contribution is 2.37. The van der Waals surface area contributed by atoms with E-state index in [9.17, 15) is 9.90 Å². The molecule has 4 rings (SSSR count). The minimum atomic E-state index is -0.904. The smallest absolute Gasteiger partial charge is 0.335 e. The number of nitrogens with zero attached hydrogens (tertiary/aromatic N) is 1. The van der Waals surface area contributed by atoms with Crippen LogP contribution < -0.4 is 4.74 Å². The Hall–Kier alpha value is -2.83. The summed E-state index contributed by atoms with van der Waals surface area (Å²) in [5.41, 5.74) is 4.90. The van der Waals surface area contributed by atoms with Crippen LogP contribution in [-0.4, -0.2) is 47.3 Å². The highest BCUT2D eigenvalue weighted by molar-refractivity contribution is 5.88. The third-order valence-electron chi connectivity index (χ3n) is 6.30. The van der Waals surface area contributed by atoms with Gasteiger partial charge in [-0.05, 0) is 62.1 Å². The summed E-state index contributed by atoms with van der Waals surface area (Å²) in [4.78, 5) is 17.1. The molecule has 6 heteroatoms. The summed E-state index contributed by atoms with van der Waals surface area (Å²) in [6.07, 6.45) is 4.04. The van der Waals surface area contributed by atoms with Gasteiger partial charge in [-0.25, -0.2) is 4.79 Å². The average Bonchev–Trinajstić information content (AvgIpc) is 3.27. The number of nitrogens with one attached hydrogen (secondary N) is 1. The molecule has 0 radical (unpaired) electrons. The van der Waals surface area contributed by atoms with Crippen molar-refractivity contribution in [2.45, 2.75) is 45.4 Å². The molecule has 1 aliphatic rings. The molecule has 31 heavy (non-hydrogen) atoms. The Balaban J connectivity index is 1.69. The lowest BCUT2D eigenvalue weighted by atomic mass is 9.91. The summed E-state index contributed by atoms with van der Waals surface area (Å²) in [6.45, 7) is 6.47. The Morgan fingerprint density at radius 1 is 1.26 bits per heavy atom. The summed E-state index contributed by atoms with van der Waals surface area (Å²) in [5, 5.41) is 10.4. The summed E-state index contributed by atoms with van der Waals surface area (Å²) in [6, 6.07) is 11.6. The van der Waals surface area contributed by atoms with E-state index < -0.39 is 5.97 Å². The molecule has 1 fully saturated rings. The summed E-state index contributed by atoms with van der Waals surface area (Å²) in [5.74, 6) is -0.00464. The van der Waals surface area contributed by atoms with Crippen molar-refractivity contribution in [1.29, 1.82) is 0 Å². The van der Waals surface area contributed by atoms with Crippen LogP contribution in [0.2, 0.25) is 0 Å². The zero-order valence-corrected chi connectivity index (χ0v) is 18.4. The molecule has 3 aromatic rings. The van der Waals surface area contributed by atoms with Gasteiger partial charge in [-0.15, -0.1) is 0 Å². The Morgan fingerprint density at radius 3 is 2.71 bits per heavy atom. The standard InChI is InChI=1S/C25H30N2O4/c1-4-31-19-10-12-27(22(14-19)17-5-7-18(8-6-17)25(28)29)15-21-20-9-11-26-24(20)16(2)13-23(21)30-3/h5-9,11,13,19,22,26H,4,10,12,14-15H2,1-3H3,(H,28,29)/t19-,22-/m1/s1. The average molecular weight is 423 g/mol. The van der Waals surface area contributed by atoms with Crippen LogP contribution in [0.25, 0.3) is 10.9 Å². The SMILES string of the molecule is CCO[C@@H]1CCN(Cc2c(OC)cc(C)c3[nH]ccc23)[C@@H](c2ccc(C(=O)O)cc2)C1. The highest BCUT2D eigenvalue weighted by Gasteiger charge is 2.31. The number of H-pyrrole nitrogens is 1. The Bertz CT molecular complexity index is 1060. The lowest BCUT2D eigenvalue weighted by Gasteiger charge is -2.40. The fraction of sp³-hybridized carbons (Fsp3) is 0.400. The van der Waals surface area contributed by atoms with Crippen molar-refractivity contribution in [3.8, 4) is 5.75 Å². The second-order valence-electron chi connectivity index (χ2n) is 8.16. The van der Waals surface area contributed by atoms with E-state index in [4.69, 9.17) is 9.47 Å². The number of ether oxygens (including phenoxy) is 2. The number of rotatable bonds is 7. The van der Waals surface area contributed by atoms with E-state index in [-0.39, 0.29) is 12.1 Å². The van der Waals surface area contributed by atoms with Crippen LogP contribution in [0.15, 0.2) is 42.6 Å². The van der Waals surface area contributed by atoms with Crippen LogP contribution in [0.5, 0.6) is 5.75 Å². The summed E-state index contributed by atoms with van der Waals surface area (Å²) < 4.78 is 11.7. The number of aromatic carboxylic acids is 1. The van der Waals surface area contributed by atoms with Gasteiger partial charge in [0.2, 0.25) is 0 Å². The van der Waals surface area contributed by atoms with Crippen molar-refractivity contribution in [1.82, 2.24) is 9.88 Å². The lowest BCUT2D eigenvalue weighted by Crippen LogP contribution is -2.39. The van der Waals surface area contributed by atoms with Crippen LogP contribution in [0, 0.1) is 6.92 Å². The number of aryl methyl sites for hydroxylation is 1. The first-order valence-corrected chi connectivity index (χ1v) is 10.8. The van der Waals surface area contributed by atoms with Gasteiger partial charge in [0.05, 0.1) is 18.8 Å². The number of aromatic amines is 1. The number of carboxylic acid groups (broad SMARTS) is 1. The van der Waals surface area contributed by atoms with Crippen LogP contribution in [0.4, 0.5) is 0 Å². The molecular weight excluding hydrogens is 392 g/mol. The van der Waals surface area contributed by atoms with E-state index >= 15 is 0 Å². The second-order valence-corrected chi connectivity index (χ2v) is 8.16.